The van der Waals surface area contributed by atoms with Crippen molar-refractivity contribution >= 4 is 46.8 Å². The van der Waals surface area contributed by atoms with Gasteiger partial charge in [0.2, 0.25) is 0 Å². The monoisotopic (exact) mass is 306 g/mol. The van der Waals surface area contributed by atoms with E-state index < -0.39 is 17.9 Å². The number of aliphatic carboxylic acids is 1. The molecule has 18 heavy (non-hydrogen) atoms. The Hall–Kier alpha value is -0.980. The van der Waals surface area contributed by atoms with Gasteiger partial charge in [-0.15, -0.1) is 11.8 Å². The lowest BCUT2D eigenvalue weighted by Gasteiger charge is -2.20. The lowest BCUT2D eigenvalue weighted by molar-refractivity contribution is -0.140. The smallest absolute Gasteiger partial charge is 0.327 e. The predicted molar refractivity (Wildman–Crippen MR) is 69.2 cm³/mol. The molecule has 1 amide bonds. The van der Waals surface area contributed by atoms with Gasteiger partial charge in [-0.2, -0.15) is 0 Å². The number of pyridine rings is 1. The van der Waals surface area contributed by atoms with E-state index in [1.165, 1.54) is 28.8 Å². The minimum atomic E-state index is -1.02. The largest absolute Gasteiger partial charge is 0.480 e. The van der Waals surface area contributed by atoms with Crippen LogP contribution in [0.1, 0.15) is 10.4 Å². The van der Waals surface area contributed by atoms with Gasteiger partial charge in [-0.25, -0.2) is 9.78 Å². The number of rotatable bonds is 2. The van der Waals surface area contributed by atoms with Crippen molar-refractivity contribution in [3.8, 4) is 0 Å². The van der Waals surface area contributed by atoms with E-state index in [0.717, 1.165) is 0 Å². The Labute approximate surface area is 117 Å². The van der Waals surface area contributed by atoms with Crippen molar-refractivity contribution in [3.63, 3.8) is 0 Å². The van der Waals surface area contributed by atoms with Crippen LogP contribution in [0.3, 0.4) is 0 Å². The summed E-state index contributed by atoms with van der Waals surface area (Å²) < 4.78 is 0. The van der Waals surface area contributed by atoms with Crippen LogP contribution in [0.2, 0.25) is 10.3 Å². The summed E-state index contributed by atoms with van der Waals surface area (Å²) in [5, 5.41) is 9.18. The molecule has 0 spiro atoms. The van der Waals surface area contributed by atoms with Gasteiger partial charge in [-0.1, -0.05) is 23.2 Å². The second kappa shape index (κ2) is 5.34. The summed E-state index contributed by atoms with van der Waals surface area (Å²) in [4.78, 5) is 28.2. The second-order valence-electron chi connectivity index (χ2n) is 3.60. The average molecular weight is 307 g/mol. The molecule has 0 aromatic carbocycles. The Morgan fingerprint density at radius 1 is 1.44 bits per heavy atom. The van der Waals surface area contributed by atoms with E-state index in [9.17, 15) is 9.59 Å². The Morgan fingerprint density at radius 2 is 2.17 bits per heavy atom. The third kappa shape index (κ3) is 2.55. The number of carbonyl (C=O) groups is 2. The maximum absolute atomic E-state index is 12.2. The van der Waals surface area contributed by atoms with E-state index in [0.29, 0.717) is 11.6 Å². The number of carbonyl (C=O) groups excluding carboxylic acids is 1. The van der Waals surface area contributed by atoms with Crippen LogP contribution in [0.5, 0.6) is 0 Å². The first kappa shape index (κ1) is 13.5. The third-order valence-corrected chi connectivity index (χ3v) is 3.98. The molecule has 1 atom stereocenters. The summed E-state index contributed by atoms with van der Waals surface area (Å²) >= 11 is 12.9. The van der Waals surface area contributed by atoms with Gasteiger partial charge in [0.05, 0.1) is 11.4 Å². The average Bonchev–Trinajstić information content (AvgIpc) is 2.77. The van der Waals surface area contributed by atoms with Crippen LogP contribution in [0.4, 0.5) is 0 Å². The van der Waals surface area contributed by atoms with E-state index in [4.69, 9.17) is 28.3 Å². The molecule has 1 fully saturated rings. The minimum Gasteiger partial charge on any atom is -0.480 e. The van der Waals surface area contributed by atoms with Gasteiger partial charge in [0, 0.05) is 5.75 Å². The zero-order valence-electron chi connectivity index (χ0n) is 8.97. The van der Waals surface area contributed by atoms with Crippen molar-refractivity contribution in [1.82, 2.24) is 9.88 Å². The number of hydrogen-bond donors (Lipinski definition) is 1. The molecule has 1 aromatic rings. The third-order valence-electron chi connectivity index (χ3n) is 2.47. The van der Waals surface area contributed by atoms with Gasteiger partial charge in [-0.3, -0.25) is 4.79 Å². The van der Waals surface area contributed by atoms with Crippen LogP contribution >= 0.6 is 35.0 Å². The van der Waals surface area contributed by atoms with Crippen LogP contribution in [0.15, 0.2) is 12.1 Å². The molecule has 2 rings (SSSR count). The zero-order chi connectivity index (χ0) is 13.3. The van der Waals surface area contributed by atoms with Crippen molar-refractivity contribution in [2.75, 3.05) is 11.6 Å². The van der Waals surface area contributed by atoms with Gasteiger partial charge in [0.1, 0.15) is 16.3 Å². The van der Waals surface area contributed by atoms with E-state index in [1.807, 2.05) is 0 Å². The van der Waals surface area contributed by atoms with Crippen molar-refractivity contribution in [2.24, 2.45) is 0 Å². The molecule has 96 valence electrons. The number of carboxylic acids is 1. The van der Waals surface area contributed by atoms with Gasteiger partial charge in [-0.05, 0) is 12.1 Å². The van der Waals surface area contributed by atoms with Gasteiger partial charge in [0.25, 0.3) is 5.91 Å². The topological polar surface area (TPSA) is 70.5 Å². The number of carboxylic acid groups (broad SMARTS) is 1. The molecule has 1 N–H and O–H groups in total. The van der Waals surface area contributed by atoms with Crippen LogP contribution in [-0.2, 0) is 4.79 Å². The number of halogens is 2. The predicted octanol–water partition coefficient (Wildman–Crippen LogP) is 1.99. The van der Waals surface area contributed by atoms with Crippen LogP contribution in [0, 0.1) is 0 Å². The first-order chi connectivity index (χ1) is 8.50. The first-order valence-electron chi connectivity index (χ1n) is 4.94. The summed E-state index contributed by atoms with van der Waals surface area (Å²) in [5.41, 5.74) is 0.162. The highest BCUT2D eigenvalue weighted by atomic mass is 35.5. The molecule has 0 aliphatic carbocycles. The summed E-state index contributed by atoms with van der Waals surface area (Å²) in [5.74, 6) is -0.762. The van der Waals surface area contributed by atoms with E-state index in [2.05, 4.69) is 4.98 Å². The SMILES string of the molecule is O=C(O)[C@@H]1CSCN1C(=O)c1ccc(Cl)nc1Cl. The highest BCUT2D eigenvalue weighted by Gasteiger charge is 2.35. The molecule has 0 radical (unpaired) electrons. The molecular formula is C10H8Cl2N2O3S. The van der Waals surface area contributed by atoms with Crippen LogP contribution < -0.4 is 0 Å². The van der Waals surface area contributed by atoms with Crippen molar-refractivity contribution in [2.45, 2.75) is 6.04 Å². The Bertz CT molecular complexity index is 512. The number of hydrogen-bond acceptors (Lipinski definition) is 4. The number of thioether (sulfide) groups is 1. The lowest BCUT2D eigenvalue weighted by atomic mass is 10.2. The normalized spacial score (nSPS) is 19.0. The molecule has 1 aliphatic heterocycles. The molecule has 1 aliphatic rings. The lowest BCUT2D eigenvalue weighted by Crippen LogP contribution is -2.41. The quantitative estimate of drug-likeness (QED) is 0.846. The van der Waals surface area contributed by atoms with Crippen LogP contribution in [-0.4, -0.2) is 44.5 Å². The summed E-state index contributed by atoms with van der Waals surface area (Å²) in [6.45, 7) is 0. The molecule has 5 nitrogen and oxygen atoms in total. The summed E-state index contributed by atoms with van der Waals surface area (Å²) in [6, 6.07) is 2.07. The Balaban J connectivity index is 2.28. The number of nitrogens with zero attached hydrogens (tertiary/aromatic N) is 2. The fraction of sp³-hybridized carbons (Fsp3) is 0.300. The Kier molecular flexibility index (Phi) is 3.99. The maximum atomic E-state index is 12.2. The minimum absolute atomic E-state index is 0.0199. The fourth-order valence-electron chi connectivity index (χ4n) is 1.57. The van der Waals surface area contributed by atoms with Crippen LogP contribution in [0.25, 0.3) is 0 Å². The molecular weight excluding hydrogens is 299 g/mol. The molecule has 1 saturated heterocycles. The highest BCUT2D eigenvalue weighted by molar-refractivity contribution is 7.99. The number of amides is 1. The molecule has 0 unspecified atom stereocenters. The second-order valence-corrected chi connectivity index (χ2v) is 5.35. The fourth-order valence-corrected chi connectivity index (χ4v) is 3.14. The van der Waals surface area contributed by atoms with Crippen molar-refractivity contribution in [1.29, 1.82) is 0 Å². The Morgan fingerprint density at radius 3 is 2.78 bits per heavy atom. The highest BCUT2D eigenvalue weighted by Crippen LogP contribution is 2.26. The van der Waals surface area contributed by atoms with E-state index in [1.54, 1.807) is 0 Å². The van der Waals surface area contributed by atoms with Gasteiger partial charge >= 0.3 is 5.97 Å². The van der Waals surface area contributed by atoms with Gasteiger partial charge in [0.15, 0.2) is 0 Å². The molecule has 0 bridgehead atoms. The van der Waals surface area contributed by atoms with Crippen molar-refractivity contribution < 1.29 is 14.7 Å². The molecule has 8 heteroatoms. The summed E-state index contributed by atoms with van der Waals surface area (Å²) in [7, 11) is 0. The first-order valence-corrected chi connectivity index (χ1v) is 6.85. The molecule has 1 aromatic heterocycles. The number of aromatic nitrogens is 1. The standard InChI is InChI=1S/C10H8Cl2N2O3S/c11-7-2-1-5(8(12)13-7)9(15)14-4-18-3-6(14)10(16)17/h1-2,6H,3-4H2,(H,16,17)/t6-/m0/s1. The maximum Gasteiger partial charge on any atom is 0.327 e. The summed E-state index contributed by atoms with van der Waals surface area (Å²) in [6.07, 6.45) is 0. The van der Waals surface area contributed by atoms with E-state index in [-0.39, 0.29) is 15.9 Å². The van der Waals surface area contributed by atoms with Gasteiger partial charge < -0.3 is 10.0 Å². The zero-order valence-corrected chi connectivity index (χ0v) is 11.3. The molecule has 0 saturated carbocycles. The van der Waals surface area contributed by atoms with E-state index >= 15 is 0 Å². The van der Waals surface area contributed by atoms with Crippen molar-refractivity contribution in [3.05, 3.63) is 28.0 Å². The molecule has 2 heterocycles.